The summed E-state index contributed by atoms with van der Waals surface area (Å²) in [6.45, 7) is 0.375. The molecule has 2 saturated heterocycles. The van der Waals surface area contributed by atoms with Gasteiger partial charge in [0.05, 0.1) is 11.8 Å². The third-order valence-electron chi connectivity index (χ3n) is 6.43. The Kier molecular flexibility index (Phi) is 3.10. The molecule has 1 aliphatic carbocycles. The molecule has 0 bridgehead atoms. The number of rotatable bonds is 1. The van der Waals surface area contributed by atoms with Gasteiger partial charge in [0.15, 0.2) is 0 Å². The molecule has 3 fully saturated rings. The molecular weight excluding hydrogens is 318 g/mol. The number of para-hydroxylation sites is 1. The number of hydrogen-bond acceptors (Lipinski definition) is 4. The molecule has 1 aromatic carbocycles. The zero-order valence-corrected chi connectivity index (χ0v) is 14.0. The van der Waals surface area contributed by atoms with Crippen molar-refractivity contribution in [2.75, 3.05) is 11.9 Å². The van der Waals surface area contributed by atoms with E-state index in [1.54, 1.807) is 0 Å². The van der Waals surface area contributed by atoms with Crippen molar-refractivity contribution in [2.45, 2.75) is 43.7 Å². The number of fused-ring (bicyclic) bond motifs is 4. The van der Waals surface area contributed by atoms with Crippen molar-refractivity contribution in [1.82, 2.24) is 10.2 Å². The van der Waals surface area contributed by atoms with E-state index >= 15 is 0 Å². The van der Waals surface area contributed by atoms with Crippen molar-refractivity contribution < 1.29 is 14.4 Å². The molecule has 1 saturated carbocycles. The minimum absolute atomic E-state index is 0.0103. The number of likely N-dealkylation sites (tertiary alicyclic amines) is 1. The summed E-state index contributed by atoms with van der Waals surface area (Å²) in [6, 6.07) is 7.47. The van der Waals surface area contributed by atoms with Gasteiger partial charge in [-0.05, 0) is 18.9 Å². The summed E-state index contributed by atoms with van der Waals surface area (Å²) in [7, 11) is 0. The third-order valence-corrected chi connectivity index (χ3v) is 6.43. The number of anilines is 1. The van der Waals surface area contributed by atoms with Crippen molar-refractivity contribution in [3.63, 3.8) is 0 Å². The molecule has 3 heterocycles. The van der Waals surface area contributed by atoms with Crippen LogP contribution in [-0.2, 0) is 19.9 Å². The first-order chi connectivity index (χ1) is 12.1. The van der Waals surface area contributed by atoms with Crippen LogP contribution in [0.15, 0.2) is 24.3 Å². The average molecular weight is 339 g/mol. The highest BCUT2D eigenvalue weighted by molar-refractivity contribution is 6.15. The molecule has 0 aromatic heterocycles. The predicted octanol–water partition coefficient (Wildman–Crippen LogP) is 1.37. The van der Waals surface area contributed by atoms with Gasteiger partial charge in [0.25, 0.3) is 0 Å². The molecular formula is C19H21N3O3. The van der Waals surface area contributed by atoms with Crippen molar-refractivity contribution in [2.24, 2.45) is 11.8 Å². The van der Waals surface area contributed by atoms with Crippen LogP contribution in [0, 0.1) is 11.8 Å². The second kappa shape index (κ2) is 5.14. The average Bonchev–Trinajstić information content (AvgIpc) is 3.24. The molecule has 4 aliphatic rings. The van der Waals surface area contributed by atoms with E-state index in [-0.39, 0.29) is 23.8 Å². The number of nitrogens with zero attached hydrogens (tertiary/aromatic N) is 1. The Labute approximate surface area is 145 Å². The van der Waals surface area contributed by atoms with Crippen LogP contribution in [0.1, 0.15) is 37.7 Å². The fourth-order valence-corrected chi connectivity index (χ4v) is 5.29. The van der Waals surface area contributed by atoms with Crippen LogP contribution < -0.4 is 10.6 Å². The number of imide groups is 1. The summed E-state index contributed by atoms with van der Waals surface area (Å²) < 4.78 is 0. The Hall–Kier alpha value is -2.21. The largest absolute Gasteiger partial charge is 0.324 e. The van der Waals surface area contributed by atoms with E-state index in [1.807, 2.05) is 24.3 Å². The molecule has 0 unspecified atom stereocenters. The lowest BCUT2D eigenvalue weighted by Crippen LogP contribution is -2.53. The highest BCUT2D eigenvalue weighted by Gasteiger charge is 2.68. The Morgan fingerprint density at radius 1 is 1.00 bits per heavy atom. The molecule has 6 heteroatoms. The molecule has 5 rings (SSSR count). The van der Waals surface area contributed by atoms with Crippen LogP contribution in [0.3, 0.4) is 0 Å². The van der Waals surface area contributed by atoms with E-state index < -0.39 is 17.4 Å². The second-order valence-corrected chi connectivity index (χ2v) is 7.61. The van der Waals surface area contributed by atoms with Crippen LogP contribution in [0.5, 0.6) is 0 Å². The van der Waals surface area contributed by atoms with E-state index in [2.05, 4.69) is 10.6 Å². The lowest BCUT2D eigenvalue weighted by Gasteiger charge is -2.33. The third kappa shape index (κ3) is 1.80. The van der Waals surface area contributed by atoms with Gasteiger partial charge in [0.1, 0.15) is 5.54 Å². The van der Waals surface area contributed by atoms with E-state index in [0.717, 1.165) is 36.9 Å². The van der Waals surface area contributed by atoms with Gasteiger partial charge in [-0.15, -0.1) is 0 Å². The molecule has 1 aromatic rings. The molecule has 3 atom stereocenters. The number of carbonyl (C=O) groups is 3. The number of amides is 3. The zero-order chi connectivity index (χ0) is 17.2. The smallest absolute Gasteiger partial charge is 0.250 e. The maximum Gasteiger partial charge on any atom is 0.250 e. The maximum absolute atomic E-state index is 13.3. The van der Waals surface area contributed by atoms with E-state index in [9.17, 15) is 14.4 Å². The van der Waals surface area contributed by atoms with E-state index in [1.165, 1.54) is 11.3 Å². The highest BCUT2D eigenvalue weighted by Crippen LogP contribution is 2.51. The van der Waals surface area contributed by atoms with Crippen molar-refractivity contribution >= 4 is 23.4 Å². The summed E-state index contributed by atoms with van der Waals surface area (Å²) in [5.41, 5.74) is 0.424. The lowest BCUT2D eigenvalue weighted by molar-refractivity contribution is -0.145. The first kappa shape index (κ1) is 15.1. The Morgan fingerprint density at radius 3 is 2.56 bits per heavy atom. The first-order valence-electron chi connectivity index (χ1n) is 9.17. The lowest BCUT2D eigenvalue weighted by atomic mass is 9.77. The molecule has 2 N–H and O–H groups in total. The van der Waals surface area contributed by atoms with Gasteiger partial charge in [-0.3, -0.25) is 24.6 Å². The summed E-state index contributed by atoms with van der Waals surface area (Å²) in [6.07, 6.45) is 5.06. The highest BCUT2D eigenvalue weighted by atomic mass is 16.2. The summed E-state index contributed by atoms with van der Waals surface area (Å²) in [4.78, 5) is 40.7. The van der Waals surface area contributed by atoms with Gasteiger partial charge in [0.2, 0.25) is 17.7 Å². The topological polar surface area (TPSA) is 78.5 Å². The fraction of sp³-hybridized carbons (Fsp3) is 0.526. The van der Waals surface area contributed by atoms with Crippen molar-refractivity contribution in [1.29, 1.82) is 0 Å². The Bertz CT molecular complexity index is 786. The Morgan fingerprint density at radius 2 is 1.76 bits per heavy atom. The fourth-order valence-electron chi connectivity index (χ4n) is 5.29. The van der Waals surface area contributed by atoms with Crippen LogP contribution in [0.2, 0.25) is 0 Å². The molecule has 3 amide bonds. The van der Waals surface area contributed by atoms with Crippen molar-refractivity contribution in [3.8, 4) is 0 Å². The minimum atomic E-state index is -1.10. The van der Waals surface area contributed by atoms with Gasteiger partial charge in [-0.2, -0.15) is 0 Å². The van der Waals surface area contributed by atoms with Crippen molar-refractivity contribution in [3.05, 3.63) is 29.8 Å². The van der Waals surface area contributed by atoms with E-state index in [0.29, 0.717) is 6.54 Å². The summed E-state index contributed by atoms with van der Waals surface area (Å²) >= 11 is 0. The number of hydrogen-bond donors (Lipinski definition) is 2. The van der Waals surface area contributed by atoms with Gasteiger partial charge < -0.3 is 5.32 Å². The SMILES string of the molecule is O=C1[C@@H]2[C@@H](CN[C@@]23C(=O)Nc2ccccc23)C(=O)N1C1CCCCC1. The molecule has 6 nitrogen and oxygen atoms in total. The number of carbonyl (C=O) groups excluding carboxylic acids is 3. The van der Waals surface area contributed by atoms with E-state index in [4.69, 9.17) is 0 Å². The molecule has 0 radical (unpaired) electrons. The molecule has 3 aliphatic heterocycles. The van der Waals surface area contributed by atoms with Gasteiger partial charge in [-0.1, -0.05) is 37.5 Å². The monoisotopic (exact) mass is 339 g/mol. The number of nitrogens with one attached hydrogen (secondary N) is 2. The molecule has 130 valence electrons. The zero-order valence-electron chi connectivity index (χ0n) is 14.0. The molecule has 1 spiro atoms. The van der Waals surface area contributed by atoms with Gasteiger partial charge >= 0.3 is 0 Å². The normalized spacial score (nSPS) is 34.6. The standard InChI is InChI=1S/C19H21N3O3/c23-16-12-10-20-19(13-8-4-5-9-14(13)21-18(19)25)15(12)17(24)22(16)11-6-2-1-3-7-11/h4-5,8-9,11-12,15,20H,1-3,6-7,10H2,(H,21,25)/t12-,15+,19-/m1/s1. The van der Waals surface area contributed by atoms with Gasteiger partial charge in [0, 0.05) is 23.8 Å². The maximum atomic E-state index is 13.3. The predicted molar refractivity (Wildman–Crippen MR) is 90.5 cm³/mol. The second-order valence-electron chi connectivity index (χ2n) is 7.61. The van der Waals surface area contributed by atoms with Crippen LogP contribution in [-0.4, -0.2) is 35.2 Å². The minimum Gasteiger partial charge on any atom is -0.324 e. The Balaban J connectivity index is 1.57. The summed E-state index contributed by atoms with van der Waals surface area (Å²) in [5, 5.41) is 6.13. The van der Waals surface area contributed by atoms with Crippen LogP contribution in [0.4, 0.5) is 5.69 Å². The van der Waals surface area contributed by atoms with Crippen LogP contribution in [0.25, 0.3) is 0 Å². The quantitative estimate of drug-likeness (QED) is 0.758. The van der Waals surface area contributed by atoms with Crippen LogP contribution >= 0.6 is 0 Å². The number of benzene rings is 1. The summed E-state index contributed by atoms with van der Waals surface area (Å²) in [5.74, 6) is -1.55. The van der Waals surface area contributed by atoms with Gasteiger partial charge in [-0.25, -0.2) is 0 Å². The molecule has 25 heavy (non-hydrogen) atoms. The first-order valence-corrected chi connectivity index (χ1v) is 9.17.